The average molecular weight is 317 g/mol. The number of nitrogens with zero attached hydrogens (tertiary/aromatic N) is 2. The first kappa shape index (κ1) is 14.2. The molecule has 17 heavy (non-hydrogen) atoms. The topological polar surface area (TPSA) is 25.2 Å². The number of rotatable bonds is 2. The van der Waals surface area contributed by atoms with Gasteiger partial charge in [0.15, 0.2) is 0 Å². The Morgan fingerprint density at radius 1 is 1.00 bits per heavy atom. The van der Waals surface area contributed by atoms with Crippen LogP contribution < -0.4 is 0 Å². The molecule has 1 heterocycles. The molecule has 2 rings (SSSR count). The molecule has 0 saturated carbocycles. The van der Waals surface area contributed by atoms with Crippen LogP contribution >= 0.6 is 20.2 Å². The summed E-state index contributed by atoms with van der Waals surface area (Å²) in [6.45, 7) is 0. The van der Waals surface area contributed by atoms with Crippen molar-refractivity contribution in [3.8, 4) is 0 Å². The molecule has 2 aromatic rings. The van der Waals surface area contributed by atoms with Crippen LogP contribution in [0, 0.1) is 0 Å². The van der Waals surface area contributed by atoms with Gasteiger partial charge in [0.1, 0.15) is 0 Å². The summed E-state index contributed by atoms with van der Waals surface area (Å²) < 4.78 is 0. The molecule has 0 fully saturated rings. The summed E-state index contributed by atoms with van der Waals surface area (Å²) in [6.07, 6.45) is 3.52. The molecule has 0 aliphatic heterocycles. The molecule has 93 valence electrons. The fourth-order valence-corrected chi connectivity index (χ4v) is 1.11. The van der Waals surface area contributed by atoms with Crippen molar-refractivity contribution in [2.24, 2.45) is 4.99 Å². The Hall–Kier alpha value is -0.861. The van der Waals surface area contributed by atoms with Crippen molar-refractivity contribution in [3.05, 3.63) is 60.4 Å². The van der Waals surface area contributed by atoms with E-state index in [0.717, 1.165) is 24.5 Å². The van der Waals surface area contributed by atoms with Crippen LogP contribution in [0.3, 0.4) is 0 Å². The number of hydrogen-bond acceptors (Lipinski definition) is 2. The minimum absolute atomic E-state index is 0.757. The van der Waals surface area contributed by atoms with Crippen molar-refractivity contribution in [1.82, 2.24) is 4.98 Å². The SMILES string of the molecule is C(=Nc1ccccc1)c1ccccn1.[Cl][Cu][Cl]. The number of hydrogen-bond donors (Lipinski definition) is 0. The van der Waals surface area contributed by atoms with Crippen molar-refractivity contribution in [2.75, 3.05) is 0 Å². The summed E-state index contributed by atoms with van der Waals surface area (Å²) >= 11 is 0.757. The van der Waals surface area contributed by atoms with E-state index in [0.29, 0.717) is 0 Å². The van der Waals surface area contributed by atoms with Crippen LogP contribution in [0.25, 0.3) is 0 Å². The minimum atomic E-state index is 0.757. The van der Waals surface area contributed by atoms with Gasteiger partial charge in [0.05, 0.1) is 17.6 Å². The van der Waals surface area contributed by atoms with E-state index >= 15 is 0 Å². The van der Waals surface area contributed by atoms with E-state index in [9.17, 15) is 0 Å². The first-order valence-corrected chi connectivity index (χ1v) is 7.27. The summed E-state index contributed by atoms with van der Waals surface area (Å²) in [5.41, 5.74) is 1.81. The van der Waals surface area contributed by atoms with Crippen LogP contribution in [-0.4, -0.2) is 11.2 Å². The second-order valence-corrected chi connectivity index (χ2v) is 4.45. The third-order valence-electron chi connectivity index (χ3n) is 1.79. The van der Waals surface area contributed by atoms with E-state index in [2.05, 4.69) is 30.2 Å². The van der Waals surface area contributed by atoms with Crippen molar-refractivity contribution < 1.29 is 13.1 Å². The number of aliphatic imine (C=N–C) groups is 1. The van der Waals surface area contributed by atoms with Gasteiger partial charge in [-0.15, -0.1) is 0 Å². The quantitative estimate of drug-likeness (QED) is 0.602. The van der Waals surface area contributed by atoms with Gasteiger partial charge >= 0.3 is 33.3 Å². The molecule has 1 aromatic heterocycles. The Kier molecular flexibility index (Phi) is 7.68. The van der Waals surface area contributed by atoms with Crippen LogP contribution in [-0.2, 0) is 13.1 Å². The van der Waals surface area contributed by atoms with Crippen LogP contribution in [0.4, 0.5) is 5.69 Å². The molecule has 0 spiro atoms. The second kappa shape index (κ2) is 9.20. The van der Waals surface area contributed by atoms with Gasteiger partial charge in [0.25, 0.3) is 0 Å². The van der Waals surface area contributed by atoms with E-state index in [1.165, 1.54) is 0 Å². The van der Waals surface area contributed by atoms with E-state index in [4.69, 9.17) is 0 Å². The first-order chi connectivity index (χ1) is 8.36. The summed E-state index contributed by atoms with van der Waals surface area (Å²) in [4.78, 5) is 8.43. The number of para-hydroxylation sites is 1. The predicted octanol–water partition coefficient (Wildman–Crippen LogP) is 4.21. The van der Waals surface area contributed by atoms with Crippen LogP contribution in [0.15, 0.2) is 59.7 Å². The Bertz CT molecular complexity index is 393. The van der Waals surface area contributed by atoms with Crippen LogP contribution in [0.1, 0.15) is 5.69 Å². The number of aromatic nitrogens is 1. The fourth-order valence-electron chi connectivity index (χ4n) is 1.11. The summed E-state index contributed by atoms with van der Waals surface area (Å²) in [6, 6.07) is 15.6. The van der Waals surface area contributed by atoms with Gasteiger partial charge in [-0.2, -0.15) is 0 Å². The number of pyridine rings is 1. The molecule has 0 N–H and O–H groups in total. The van der Waals surface area contributed by atoms with E-state index in [1.54, 1.807) is 12.4 Å². The van der Waals surface area contributed by atoms with E-state index < -0.39 is 0 Å². The maximum absolute atomic E-state index is 4.67. The molecule has 5 heteroatoms. The van der Waals surface area contributed by atoms with Crippen LogP contribution in [0.2, 0.25) is 0 Å². The molecule has 0 amide bonds. The zero-order valence-corrected chi connectivity index (χ0v) is 11.2. The van der Waals surface area contributed by atoms with Crippen molar-refractivity contribution in [2.45, 2.75) is 0 Å². The fraction of sp³-hybridized carbons (Fsp3) is 0. The third kappa shape index (κ3) is 6.44. The number of halogens is 2. The van der Waals surface area contributed by atoms with Gasteiger partial charge in [-0.05, 0) is 24.3 Å². The summed E-state index contributed by atoms with van der Waals surface area (Å²) in [5.74, 6) is 0. The Labute approximate surface area is 115 Å². The maximum atomic E-state index is 4.67. The van der Waals surface area contributed by atoms with E-state index in [-0.39, 0.29) is 0 Å². The predicted molar refractivity (Wildman–Crippen MR) is 69.6 cm³/mol. The normalized spacial score (nSPS) is 10.0. The molecule has 0 bridgehead atoms. The monoisotopic (exact) mass is 315 g/mol. The second-order valence-electron chi connectivity index (χ2n) is 2.89. The van der Waals surface area contributed by atoms with Crippen molar-refractivity contribution >= 4 is 32.1 Å². The molecule has 0 atom stereocenters. The molecule has 0 aliphatic rings. The molecule has 0 radical (unpaired) electrons. The number of benzene rings is 1. The molecular weight excluding hydrogens is 307 g/mol. The Morgan fingerprint density at radius 2 is 1.65 bits per heavy atom. The van der Waals surface area contributed by atoms with Gasteiger partial charge in [-0.1, -0.05) is 24.3 Å². The van der Waals surface area contributed by atoms with E-state index in [1.807, 2.05) is 48.5 Å². The molecular formula is C12H10Cl2CuN2. The molecule has 0 aliphatic carbocycles. The first-order valence-electron chi connectivity index (χ1n) is 4.68. The molecule has 1 aromatic carbocycles. The van der Waals surface area contributed by atoms with Gasteiger partial charge in [-0.3, -0.25) is 9.98 Å². The molecule has 2 nitrogen and oxygen atoms in total. The molecule has 0 saturated heterocycles. The molecule has 0 unspecified atom stereocenters. The third-order valence-corrected chi connectivity index (χ3v) is 1.79. The average Bonchev–Trinajstić information content (AvgIpc) is 2.40. The van der Waals surface area contributed by atoms with Gasteiger partial charge in [0.2, 0.25) is 0 Å². The summed E-state index contributed by atoms with van der Waals surface area (Å²) in [7, 11) is 9.34. The van der Waals surface area contributed by atoms with Crippen LogP contribution in [0.5, 0.6) is 0 Å². The van der Waals surface area contributed by atoms with Crippen molar-refractivity contribution in [3.63, 3.8) is 0 Å². The van der Waals surface area contributed by atoms with Gasteiger partial charge < -0.3 is 0 Å². The standard InChI is InChI=1S/C12H10N2.2ClH.Cu/c1-2-6-11(7-3-1)14-10-12-8-4-5-9-13-12;;;/h1-10H;2*1H;/q;;;+2/p-2. The zero-order chi connectivity index (χ0) is 12.3. The van der Waals surface area contributed by atoms with Crippen molar-refractivity contribution in [1.29, 1.82) is 0 Å². The zero-order valence-electron chi connectivity index (χ0n) is 8.73. The summed E-state index contributed by atoms with van der Waals surface area (Å²) in [5, 5.41) is 0. The Morgan fingerprint density at radius 3 is 2.24 bits per heavy atom. The Balaban J connectivity index is 0.000000437. The van der Waals surface area contributed by atoms with Gasteiger partial charge in [-0.25, -0.2) is 0 Å². The van der Waals surface area contributed by atoms with Gasteiger partial charge in [0, 0.05) is 6.20 Å².